The van der Waals surface area contributed by atoms with Gasteiger partial charge in [0.15, 0.2) is 6.20 Å². The van der Waals surface area contributed by atoms with Crippen molar-refractivity contribution < 1.29 is 19.4 Å². The molecule has 2 N–H and O–H groups in total. The Morgan fingerprint density at radius 3 is 2.57 bits per heavy atom. The van der Waals surface area contributed by atoms with Gasteiger partial charge in [-0.2, -0.15) is 4.73 Å². The molecule has 1 aromatic heterocycles. The monoisotopic (exact) mass is 316 g/mol. The number of amides is 1. The summed E-state index contributed by atoms with van der Waals surface area (Å²) in [6.45, 7) is 3.88. The molecule has 1 heterocycles. The summed E-state index contributed by atoms with van der Waals surface area (Å²) in [7, 11) is 0. The quantitative estimate of drug-likeness (QED) is 0.626. The first-order valence-electron chi connectivity index (χ1n) is 7.38. The number of aliphatic hydroxyl groups is 1. The van der Waals surface area contributed by atoms with Crippen molar-refractivity contribution in [1.82, 2.24) is 5.32 Å². The van der Waals surface area contributed by atoms with Crippen LogP contribution >= 0.6 is 0 Å². The largest absolute Gasteiger partial charge is 0.618 e. The molecule has 1 unspecified atom stereocenters. The van der Waals surface area contributed by atoms with Crippen molar-refractivity contribution in [1.29, 1.82) is 0 Å². The van der Waals surface area contributed by atoms with Crippen molar-refractivity contribution in [3.63, 3.8) is 0 Å². The number of hydrogen-bond donors (Lipinski definition) is 2. The molecule has 23 heavy (non-hydrogen) atoms. The maximum absolute atomic E-state index is 11.9. The lowest BCUT2D eigenvalue weighted by atomic mass is 10.1. The van der Waals surface area contributed by atoms with Crippen LogP contribution in [0.15, 0.2) is 48.7 Å². The molecule has 0 saturated heterocycles. The summed E-state index contributed by atoms with van der Waals surface area (Å²) in [5, 5.41) is 24.1. The number of benzene rings is 1. The predicted octanol–water partition coefficient (Wildman–Crippen LogP) is 1.57. The Bertz CT molecular complexity index is 656. The van der Waals surface area contributed by atoms with Gasteiger partial charge in [-0.25, -0.2) is 0 Å². The number of nitrogens with one attached hydrogen (secondary N) is 1. The molecule has 122 valence electrons. The Hall–Kier alpha value is -2.60. The maximum atomic E-state index is 11.9. The normalized spacial score (nSPS) is 12.0. The molecule has 2 rings (SSSR count). The van der Waals surface area contributed by atoms with E-state index in [1.807, 2.05) is 13.8 Å². The lowest BCUT2D eigenvalue weighted by Crippen LogP contribution is -2.40. The van der Waals surface area contributed by atoms with E-state index in [0.717, 1.165) is 5.75 Å². The molecule has 1 aromatic carbocycles. The van der Waals surface area contributed by atoms with E-state index in [1.165, 1.54) is 12.3 Å². The Morgan fingerprint density at radius 2 is 1.96 bits per heavy atom. The van der Waals surface area contributed by atoms with Crippen molar-refractivity contribution in [2.24, 2.45) is 0 Å². The fourth-order valence-electron chi connectivity index (χ4n) is 2.04. The maximum Gasteiger partial charge on any atom is 0.317 e. The van der Waals surface area contributed by atoms with Crippen LogP contribution in [0.2, 0.25) is 0 Å². The minimum absolute atomic E-state index is 0.0120. The average Bonchev–Trinajstić information content (AvgIpc) is 2.53. The first-order valence-corrected chi connectivity index (χ1v) is 7.38. The Balaban J connectivity index is 1.93. The fraction of sp³-hybridized carbons (Fsp3) is 0.294. The zero-order valence-electron chi connectivity index (χ0n) is 13.1. The van der Waals surface area contributed by atoms with Crippen LogP contribution in [0.3, 0.4) is 0 Å². The third-order valence-electron chi connectivity index (χ3n) is 3.15. The van der Waals surface area contributed by atoms with Crippen LogP contribution in [0.1, 0.15) is 36.0 Å². The Morgan fingerprint density at radius 1 is 1.26 bits per heavy atom. The number of aliphatic hydroxyl groups excluding tert-OH is 1. The zero-order valence-corrected chi connectivity index (χ0v) is 13.1. The molecule has 1 atom stereocenters. The van der Waals surface area contributed by atoms with Crippen molar-refractivity contribution in [2.45, 2.75) is 26.1 Å². The van der Waals surface area contributed by atoms with Gasteiger partial charge in [-0.3, -0.25) is 4.79 Å². The van der Waals surface area contributed by atoms with E-state index < -0.39 is 12.0 Å². The topological polar surface area (TPSA) is 85.5 Å². The van der Waals surface area contributed by atoms with Crippen LogP contribution < -0.4 is 14.8 Å². The van der Waals surface area contributed by atoms with Crippen molar-refractivity contribution in [2.75, 3.05) is 6.54 Å². The van der Waals surface area contributed by atoms with Crippen LogP contribution in [0, 0.1) is 5.21 Å². The minimum Gasteiger partial charge on any atom is -0.618 e. The van der Waals surface area contributed by atoms with E-state index in [9.17, 15) is 15.1 Å². The van der Waals surface area contributed by atoms with Gasteiger partial charge in [0.25, 0.3) is 5.69 Å². The number of rotatable bonds is 6. The average molecular weight is 316 g/mol. The van der Waals surface area contributed by atoms with E-state index in [2.05, 4.69) is 5.32 Å². The molecule has 6 heteroatoms. The summed E-state index contributed by atoms with van der Waals surface area (Å²) < 4.78 is 6.02. The Kier molecular flexibility index (Phi) is 5.54. The lowest BCUT2D eigenvalue weighted by Gasteiger charge is -2.14. The highest BCUT2D eigenvalue weighted by Crippen LogP contribution is 2.18. The van der Waals surface area contributed by atoms with Gasteiger partial charge >= 0.3 is 5.91 Å². The summed E-state index contributed by atoms with van der Waals surface area (Å²) in [4.78, 5) is 11.9. The number of carbonyl (C=O) groups excluding carboxylic acids is 1. The van der Waals surface area contributed by atoms with Gasteiger partial charge in [0, 0.05) is 18.7 Å². The predicted molar refractivity (Wildman–Crippen MR) is 84.9 cm³/mol. The second-order valence-electron chi connectivity index (χ2n) is 5.37. The molecule has 0 fully saturated rings. The number of nitrogens with zero attached hydrogens (tertiary/aromatic N) is 1. The summed E-state index contributed by atoms with van der Waals surface area (Å²) in [6.07, 6.45) is 0.462. The van der Waals surface area contributed by atoms with Gasteiger partial charge in [-0.1, -0.05) is 12.1 Å². The molecule has 0 bridgehead atoms. The van der Waals surface area contributed by atoms with Crippen LogP contribution in [-0.2, 0) is 0 Å². The van der Waals surface area contributed by atoms with E-state index in [1.54, 1.807) is 36.4 Å². The third-order valence-corrected chi connectivity index (χ3v) is 3.15. The first kappa shape index (κ1) is 16.8. The summed E-state index contributed by atoms with van der Waals surface area (Å²) in [5.41, 5.74) is 0.643. The summed E-state index contributed by atoms with van der Waals surface area (Å²) in [6, 6.07) is 11.6. The molecule has 0 spiro atoms. The standard InChI is InChI=1S/C17H20N2O4/c1-12(2)23-14-8-6-13(7-9-14)16(20)11-18-17(21)15-5-3-4-10-19(15)22/h3-10,12,16,20H,11H2,1-2H3,(H,18,21). The van der Waals surface area contributed by atoms with E-state index in [-0.39, 0.29) is 18.3 Å². The van der Waals surface area contributed by atoms with Gasteiger partial charge in [-0.05, 0) is 37.6 Å². The van der Waals surface area contributed by atoms with Gasteiger partial charge in [0.1, 0.15) is 5.75 Å². The molecule has 0 radical (unpaired) electrons. The highest BCUT2D eigenvalue weighted by atomic mass is 16.5. The second kappa shape index (κ2) is 7.60. The number of hydrogen-bond acceptors (Lipinski definition) is 4. The molecule has 0 aliphatic carbocycles. The van der Waals surface area contributed by atoms with Gasteiger partial charge < -0.3 is 20.4 Å². The van der Waals surface area contributed by atoms with E-state index in [4.69, 9.17) is 4.74 Å². The lowest BCUT2D eigenvalue weighted by molar-refractivity contribution is -0.607. The molecule has 6 nitrogen and oxygen atoms in total. The molecule has 0 aliphatic rings. The highest BCUT2D eigenvalue weighted by molar-refractivity contribution is 5.90. The highest BCUT2D eigenvalue weighted by Gasteiger charge is 2.16. The van der Waals surface area contributed by atoms with Crippen LogP contribution in [0.4, 0.5) is 0 Å². The van der Waals surface area contributed by atoms with Gasteiger partial charge in [0.2, 0.25) is 0 Å². The van der Waals surface area contributed by atoms with E-state index in [0.29, 0.717) is 10.3 Å². The summed E-state index contributed by atoms with van der Waals surface area (Å²) >= 11 is 0. The van der Waals surface area contributed by atoms with Crippen molar-refractivity contribution >= 4 is 5.91 Å². The van der Waals surface area contributed by atoms with Crippen LogP contribution in [0.5, 0.6) is 5.75 Å². The smallest absolute Gasteiger partial charge is 0.317 e. The van der Waals surface area contributed by atoms with Crippen molar-refractivity contribution in [3.05, 3.63) is 65.1 Å². The van der Waals surface area contributed by atoms with Crippen LogP contribution in [0.25, 0.3) is 0 Å². The second-order valence-corrected chi connectivity index (χ2v) is 5.37. The molecule has 1 amide bonds. The van der Waals surface area contributed by atoms with Crippen molar-refractivity contribution in [3.8, 4) is 5.75 Å². The van der Waals surface area contributed by atoms with Crippen LogP contribution in [-0.4, -0.2) is 23.7 Å². The van der Waals surface area contributed by atoms with Gasteiger partial charge in [-0.15, -0.1) is 0 Å². The molecular weight excluding hydrogens is 296 g/mol. The SMILES string of the molecule is CC(C)Oc1ccc(C(O)CNC(=O)c2cccc[n+]2[O-])cc1. The fourth-order valence-corrected chi connectivity index (χ4v) is 2.04. The molecular formula is C17H20N2O4. The van der Waals surface area contributed by atoms with E-state index >= 15 is 0 Å². The first-order chi connectivity index (χ1) is 11.0. The number of carbonyl (C=O) groups is 1. The number of ether oxygens (including phenoxy) is 1. The molecule has 0 saturated carbocycles. The Labute approximate surface area is 134 Å². The summed E-state index contributed by atoms with van der Waals surface area (Å²) in [5.74, 6) is 0.191. The molecule has 2 aromatic rings. The van der Waals surface area contributed by atoms with Gasteiger partial charge in [0.05, 0.1) is 12.2 Å². The zero-order chi connectivity index (χ0) is 16.8. The number of pyridine rings is 1. The minimum atomic E-state index is -0.865. The molecule has 0 aliphatic heterocycles. The number of aromatic nitrogens is 1. The third kappa shape index (κ3) is 4.69.